The molecule has 1 unspecified atom stereocenters. The quantitative estimate of drug-likeness (QED) is 0.836. The van der Waals surface area contributed by atoms with E-state index in [1.165, 1.54) is 24.9 Å². The average molecular weight is 248 g/mol. The van der Waals surface area contributed by atoms with E-state index in [1.54, 1.807) is 7.11 Å². The Morgan fingerprint density at radius 2 is 2.33 bits per heavy atom. The highest BCUT2D eigenvalue weighted by Crippen LogP contribution is 2.21. The summed E-state index contributed by atoms with van der Waals surface area (Å²) in [5.74, 6) is 0.954. The van der Waals surface area contributed by atoms with Crippen molar-refractivity contribution in [1.29, 1.82) is 0 Å². The van der Waals surface area contributed by atoms with Crippen LogP contribution in [0.2, 0.25) is 0 Å². The van der Waals surface area contributed by atoms with Crippen LogP contribution in [0, 0.1) is 0 Å². The summed E-state index contributed by atoms with van der Waals surface area (Å²) in [5, 5.41) is 3.46. The van der Waals surface area contributed by atoms with Crippen LogP contribution in [-0.2, 0) is 6.54 Å². The van der Waals surface area contributed by atoms with E-state index in [0.29, 0.717) is 6.04 Å². The van der Waals surface area contributed by atoms with Crippen molar-refractivity contribution >= 4 is 0 Å². The molecule has 0 radical (unpaired) electrons. The molecule has 1 aliphatic heterocycles. The second-order valence-corrected chi connectivity index (χ2v) is 4.93. The lowest BCUT2D eigenvalue weighted by molar-refractivity contribution is 0.240. The number of ether oxygens (including phenoxy) is 1. The molecule has 0 bridgehead atoms. The fourth-order valence-corrected chi connectivity index (χ4v) is 2.65. The summed E-state index contributed by atoms with van der Waals surface area (Å²) in [5.41, 5.74) is 1.35. The molecular formula is C15H24N2O. The van der Waals surface area contributed by atoms with Gasteiger partial charge in [0.25, 0.3) is 0 Å². The normalized spacial score (nSPS) is 20.2. The molecule has 0 amide bonds. The van der Waals surface area contributed by atoms with Gasteiger partial charge in [-0.2, -0.15) is 0 Å². The molecule has 2 rings (SSSR count). The van der Waals surface area contributed by atoms with Gasteiger partial charge in [0.15, 0.2) is 0 Å². The summed E-state index contributed by atoms with van der Waals surface area (Å²) >= 11 is 0. The van der Waals surface area contributed by atoms with Crippen molar-refractivity contribution in [2.75, 3.05) is 26.7 Å². The Kier molecular flexibility index (Phi) is 5.02. The average Bonchev–Trinajstić information content (AvgIpc) is 2.84. The van der Waals surface area contributed by atoms with Gasteiger partial charge < -0.3 is 10.1 Å². The number of methoxy groups -OCH3 is 1. The van der Waals surface area contributed by atoms with Crippen molar-refractivity contribution in [3.63, 3.8) is 0 Å². The van der Waals surface area contributed by atoms with E-state index in [0.717, 1.165) is 25.4 Å². The maximum absolute atomic E-state index is 5.28. The molecule has 1 aromatic carbocycles. The van der Waals surface area contributed by atoms with Gasteiger partial charge in [0.05, 0.1) is 7.11 Å². The lowest BCUT2D eigenvalue weighted by Gasteiger charge is -2.24. The molecule has 3 nitrogen and oxygen atoms in total. The van der Waals surface area contributed by atoms with E-state index < -0.39 is 0 Å². The molecule has 1 heterocycles. The third-order valence-corrected chi connectivity index (χ3v) is 3.65. The smallest absolute Gasteiger partial charge is 0.119 e. The zero-order valence-electron chi connectivity index (χ0n) is 11.5. The van der Waals surface area contributed by atoms with Crippen molar-refractivity contribution in [1.82, 2.24) is 10.2 Å². The molecule has 1 saturated heterocycles. The largest absolute Gasteiger partial charge is 0.497 e. The Morgan fingerprint density at radius 1 is 1.44 bits per heavy atom. The van der Waals surface area contributed by atoms with Crippen molar-refractivity contribution in [2.24, 2.45) is 0 Å². The van der Waals surface area contributed by atoms with Gasteiger partial charge >= 0.3 is 0 Å². The summed E-state index contributed by atoms with van der Waals surface area (Å²) in [4.78, 5) is 2.58. The number of likely N-dealkylation sites (tertiary alicyclic amines) is 1. The molecule has 1 fully saturated rings. The van der Waals surface area contributed by atoms with Gasteiger partial charge in [-0.15, -0.1) is 0 Å². The molecule has 100 valence electrons. The second-order valence-electron chi connectivity index (χ2n) is 4.93. The highest BCUT2D eigenvalue weighted by molar-refractivity contribution is 5.28. The minimum atomic E-state index is 0.691. The number of hydrogen-bond acceptors (Lipinski definition) is 3. The standard InChI is InChI=1S/C15H24N2O/c1-3-16-11-14-7-5-9-17(14)12-13-6-4-8-15(10-13)18-2/h4,6,8,10,14,16H,3,5,7,9,11-12H2,1-2H3. The van der Waals surface area contributed by atoms with E-state index in [-0.39, 0.29) is 0 Å². The van der Waals surface area contributed by atoms with E-state index in [1.807, 2.05) is 6.07 Å². The minimum Gasteiger partial charge on any atom is -0.497 e. The number of hydrogen-bond donors (Lipinski definition) is 1. The first-order valence-electron chi connectivity index (χ1n) is 6.91. The Hall–Kier alpha value is -1.06. The van der Waals surface area contributed by atoms with Crippen LogP contribution in [0.1, 0.15) is 25.3 Å². The van der Waals surface area contributed by atoms with Crippen LogP contribution in [0.15, 0.2) is 24.3 Å². The molecule has 0 spiro atoms. The number of rotatable bonds is 6. The van der Waals surface area contributed by atoms with Gasteiger partial charge in [-0.1, -0.05) is 19.1 Å². The van der Waals surface area contributed by atoms with Crippen LogP contribution in [0.3, 0.4) is 0 Å². The fourth-order valence-electron chi connectivity index (χ4n) is 2.65. The minimum absolute atomic E-state index is 0.691. The van der Waals surface area contributed by atoms with E-state index in [4.69, 9.17) is 4.74 Å². The van der Waals surface area contributed by atoms with Gasteiger partial charge in [-0.3, -0.25) is 4.90 Å². The summed E-state index contributed by atoms with van der Waals surface area (Å²) in [6.07, 6.45) is 2.64. The van der Waals surface area contributed by atoms with E-state index >= 15 is 0 Å². The lowest BCUT2D eigenvalue weighted by atomic mass is 10.1. The molecule has 1 N–H and O–H groups in total. The molecule has 1 aliphatic rings. The first kappa shape index (κ1) is 13.4. The predicted molar refractivity (Wildman–Crippen MR) is 75.0 cm³/mol. The molecule has 0 aromatic heterocycles. The molecule has 18 heavy (non-hydrogen) atoms. The second kappa shape index (κ2) is 6.76. The van der Waals surface area contributed by atoms with Gasteiger partial charge in [0.2, 0.25) is 0 Å². The zero-order valence-corrected chi connectivity index (χ0v) is 11.5. The summed E-state index contributed by atoms with van der Waals surface area (Å²) in [6.45, 7) is 6.59. The Morgan fingerprint density at radius 3 is 3.11 bits per heavy atom. The van der Waals surface area contributed by atoms with Crippen molar-refractivity contribution < 1.29 is 4.74 Å². The highest BCUT2D eigenvalue weighted by atomic mass is 16.5. The summed E-state index contributed by atoms with van der Waals surface area (Å²) in [6, 6.07) is 9.09. The van der Waals surface area contributed by atoms with E-state index in [2.05, 4.69) is 35.3 Å². The summed E-state index contributed by atoms with van der Waals surface area (Å²) in [7, 11) is 1.73. The molecule has 1 atom stereocenters. The van der Waals surface area contributed by atoms with Gasteiger partial charge in [-0.25, -0.2) is 0 Å². The van der Waals surface area contributed by atoms with Crippen molar-refractivity contribution in [3.8, 4) is 5.75 Å². The predicted octanol–water partition coefficient (Wildman–Crippen LogP) is 2.27. The first-order valence-corrected chi connectivity index (χ1v) is 6.91. The number of nitrogens with zero attached hydrogens (tertiary/aromatic N) is 1. The number of nitrogens with one attached hydrogen (secondary N) is 1. The Balaban J connectivity index is 1.94. The lowest BCUT2D eigenvalue weighted by Crippen LogP contribution is -2.37. The van der Waals surface area contributed by atoms with Crippen LogP contribution in [-0.4, -0.2) is 37.7 Å². The number of likely N-dealkylation sites (N-methyl/N-ethyl adjacent to an activating group) is 1. The van der Waals surface area contributed by atoms with Crippen molar-refractivity contribution in [2.45, 2.75) is 32.4 Å². The fraction of sp³-hybridized carbons (Fsp3) is 0.600. The molecule has 1 aromatic rings. The van der Waals surface area contributed by atoms with Crippen LogP contribution in [0.5, 0.6) is 5.75 Å². The molecular weight excluding hydrogens is 224 g/mol. The van der Waals surface area contributed by atoms with Gasteiger partial charge in [0, 0.05) is 19.1 Å². The van der Waals surface area contributed by atoms with Gasteiger partial charge in [0.1, 0.15) is 5.75 Å². The monoisotopic (exact) mass is 248 g/mol. The summed E-state index contributed by atoms with van der Waals surface area (Å²) < 4.78 is 5.28. The van der Waals surface area contributed by atoms with Crippen LogP contribution < -0.4 is 10.1 Å². The number of benzene rings is 1. The third-order valence-electron chi connectivity index (χ3n) is 3.65. The van der Waals surface area contributed by atoms with Crippen LogP contribution in [0.4, 0.5) is 0 Å². The first-order chi connectivity index (χ1) is 8.83. The maximum Gasteiger partial charge on any atom is 0.119 e. The zero-order chi connectivity index (χ0) is 12.8. The molecule has 3 heteroatoms. The van der Waals surface area contributed by atoms with Crippen LogP contribution in [0.25, 0.3) is 0 Å². The molecule has 0 aliphatic carbocycles. The van der Waals surface area contributed by atoms with Gasteiger partial charge in [-0.05, 0) is 43.6 Å². The molecule has 0 saturated carbocycles. The third kappa shape index (κ3) is 3.47. The highest BCUT2D eigenvalue weighted by Gasteiger charge is 2.23. The van der Waals surface area contributed by atoms with Crippen LogP contribution >= 0.6 is 0 Å². The SMILES string of the molecule is CCNCC1CCCN1Cc1cccc(OC)c1. The topological polar surface area (TPSA) is 24.5 Å². The van der Waals surface area contributed by atoms with E-state index in [9.17, 15) is 0 Å². The van der Waals surface area contributed by atoms with Crippen molar-refractivity contribution in [3.05, 3.63) is 29.8 Å². The Bertz CT molecular complexity index is 367. The maximum atomic E-state index is 5.28. The Labute approximate surface area is 110 Å².